The molecule has 2 atom stereocenters. The third kappa shape index (κ3) is 4.68. The van der Waals surface area contributed by atoms with Crippen molar-refractivity contribution in [1.82, 2.24) is 14.9 Å². The minimum Gasteiger partial charge on any atom is -0.391 e. The molecule has 0 unspecified atom stereocenters. The topological polar surface area (TPSA) is 84.2 Å². The van der Waals surface area contributed by atoms with E-state index in [0.717, 1.165) is 13.0 Å². The van der Waals surface area contributed by atoms with Crippen molar-refractivity contribution in [2.24, 2.45) is 0 Å². The maximum atomic E-state index is 12.5. The van der Waals surface area contributed by atoms with Crippen LogP contribution in [0, 0.1) is 0 Å². The molecule has 3 rings (SSSR count). The number of rotatable bonds is 4. The lowest BCUT2D eigenvalue weighted by Crippen LogP contribution is -2.46. The molecule has 1 aromatic heterocycles. The number of carbonyl (C=O) groups excluding carboxylic acids is 1. The van der Waals surface area contributed by atoms with Gasteiger partial charge in [0.1, 0.15) is 0 Å². The first kappa shape index (κ1) is 20.5. The molecule has 2 N–H and O–H groups in total. The summed E-state index contributed by atoms with van der Waals surface area (Å²) in [6, 6.07) is 2.97. The van der Waals surface area contributed by atoms with Gasteiger partial charge in [-0.25, -0.2) is 4.98 Å². The highest BCUT2D eigenvalue weighted by Crippen LogP contribution is 2.25. The number of nitrogens with zero attached hydrogens (tertiary/aromatic N) is 2. The van der Waals surface area contributed by atoms with E-state index in [2.05, 4.69) is 26.2 Å². The maximum absolute atomic E-state index is 12.5. The number of benzene rings is 1. The predicted molar refractivity (Wildman–Crippen MR) is 106 cm³/mol. The number of piperidine rings is 1. The van der Waals surface area contributed by atoms with Crippen LogP contribution in [0.15, 0.2) is 27.7 Å². The van der Waals surface area contributed by atoms with Gasteiger partial charge in [-0.05, 0) is 47.4 Å². The van der Waals surface area contributed by atoms with E-state index in [0.29, 0.717) is 26.8 Å². The van der Waals surface area contributed by atoms with Crippen LogP contribution in [0.4, 0.5) is 0 Å². The molecule has 6 nitrogen and oxygen atoms in total. The number of fused-ring (bicyclic) bond motifs is 1. The van der Waals surface area contributed by atoms with Gasteiger partial charge in [-0.1, -0.05) is 11.6 Å². The lowest BCUT2D eigenvalue weighted by molar-refractivity contribution is -0.121. The van der Waals surface area contributed by atoms with E-state index in [1.165, 1.54) is 10.9 Å². The van der Waals surface area contributed by atoms with E-state index in [-0.39, 0.29) is 47.3 Å². The van der Waals surface area contributed by atoms with Crippen LogP contribution >= 0.6 is 44.5 Å². The smallest absolute Gasteiger partial charge is 0.261 e. The van der Waals surface area contributed by atoms with Crippen LogP contribution in [0.3, 0.4) is 0 Å². The number of Topliss-reactive ketones (excluding diaryl/α,β-unsaturated/α-hetero) is 1. The highest BCUT2D eigenvalue weighted by molar-refractivity contribution is 9.10. The van der Waals surface area contributed by atoms with Gasteiger partial charge in [0.05, 0.1) is 34.9 Å². The summed E-state index contributed by atoms with van der Waals surface area (Å²) in [5.74, 6) is -0.121. The SMILES string of the molecule is Br.O=C(C[C@H]1NCCC[C@H]1O)Cn1cnc2cc(Cl)c(Br)cc2c1=O. The van der Waals surface area contributed by atoms with Crippen LogP contribution in [0.1, 0.15) is 19.3 Å². The molecule has 25 heavy (non-hydrogen) atoms. The molecular weight excluding hydrogens is 477 g/mol. The summed E-state index contributed by atoms with van der Waals surface area (Å²) >= 11 is 9.29. The summed E-state index contributed by atoms with van der Waals surface area (Å²) in [5.41, 5.74) is 0.198. The second-order valence-electron chi connectivity index (χ2n) is 5.97. The van der Waals surface area contributed by atoms with Crippen LogP contribution in [0.25, 0.3) is 10.9 Å². The molecule has 1 aliphatic rings. The molecular formula is C16H18Br2ClN3O3. The van der Waals surface area contributed by atoms with Crippen LogP contribution in [0.5, 0.6) is 0 Å². The van der Waals surface area contributed by atoms with Gasteiger partial charge in [0, 0.05) is 16.9 Å². The molecule has 0 bridgehead atoms. The number of nitrogens with one attached hydrogen (secondary N) is 1. The average molecular weight is 496 g/mol. The zero-order valence-corrected chi connectivity index (χ0v) is 17.3. The maximum Gasteiger partial charge on any atom is 0.261 e. The van der Waals surface area contributed by atoms with E-state index < -0.39 is 6.10 Å². The Kier molecular flexibility index (Phi) is 7.16. The highest BCUT2D eigenvalue weighted by atomic mass is 79.9. The third-order valence-corrected chi connectivity index (χ3v) is 5.41. The second-order valence-corrected chi connectivity index (χ2v) is 7.24. The predicted octanol–water partition coefficient (Wildman–Crippen LogP) is 2.46. The number of carbonyl (C=O) groups is 1. The van der Waals surface area contributed by atoms with E-state index >= 15 is 0 Å². The lowest BCUT2D eigenvalue weighted by atomic mass is 9.97. The summed E-state index contributed by atoms with van der Waals surface area (Å²) in [7, 11) is 0. The molecule has 9 heteroatoms. The number of hydrogen-bond donors (Lipinski definition) is 2. The normalized spacial score (nSPS) is 20.3. The van der Waals surface area contributed by atoms with Gasteiger partial charge in [0.15, 0.2) is 5.78 Å². The zero-order valence-electron chi connectivity index (χ0n) is 13.2. The van der Waals surface area contributed by atoms with Crippen LogP contribution in [-0.4, -0.2) is 39.1 Å². The number of aromatic nitrogens is 2. The Morgan fingerprint density at radius 3 is 2.96 bits per heavy atom. The number of aliphatic hydroxyl groups excluding tert-OH is 1. The van der Waals surface area contributed by atoms with E-state index in [9.17, 15) is 14.7 Å². The Morgan fingerprint density at radius 2 is 2.24 bits per heavy atom. The second kappa shape index (κ2) is 8.73. The lowest BCUT2D eigenvalue weighted by Gasteiger charge is -2.28. The van der Waals surface area contributed by atoms with Crippen molar-refractivity contribution >= 4 is 61.2 Å². The fraction of sp³-hybridized carbons (Fsp3) is 0.438. The first-order chi connectivity index (χ1) is 11.5. The molecule has 1 aromatic carbocycles. The summed E-state index contributed by atoms with van der Waals surface area (Å²) in [6.07, 6.45) is 2.62. The van der Waals surface area contributed by atoms with Gasteiger partial charge < -0.3 is 10.4 Å². The molecule has 0 saturated carbocycles. The van der Waals surface area contributed by atoms with Gasteiger partial charge in [-0.15, -0.1) is 17.0 Å². The molecule has 0 aliphatic carbocycles. The van der Waals surface area contributed by atoms with Crippen LogP contribution < -0.4 is 10.9 Å². The van der Waals surface area contributed by atoms with Gasteiger partial charge in [-0.2, -0.15) is 0 Å². The van der Waals surface area contributed by atoms with E-state index in [1.807, 2.05) is 0 Å². The quantitative estimate of drug-likeness (QED) is 0.681. The Hall–Kier alpha value is -0.800. The van der Waals surface area contributed by atoms with Crippen LogP contribution in [-0.2, 0) is 11.3 Å². The molecule has 2 aromatic rings. The first-order valence-corrected chi connectivity index (χ1v) is 8.90. The van der Waals surface area contributed by atoms with Gasteiger partial charge in [-0.3, -0.25) is 14.2 Å². The minimum absolute atomic E-state index is 0. The Bertz CT molecular complexity index is 843. The summed E-state index contributed by atoms with van der Waals surface area (Å²) < 4.78 is 1.90. The Labute approximate surface area is 168 Å². The summed E-state index contributed by atoms with van der Waals surface area (Å²) in [6.45, 7) is 0.730. The van der Waals surface area contributed by atoms with Crippen molar-refractivity contribution in [3.8, 4) is 0 Å². The summed E-state index contributed by atoms with van der Waals surface area (Å²) in [5, 5.41) is 13.9. The average Bonchev–Trinajstić information content (AvgIpc) is 2.54. The van der Waals surface area contributed by atoms with Crippen molar-refractivity contribution < 1.29 is 9.90 Å². The van der Waals surface area contributed by atoms with Crippen LogP contribution in [0.2, 0.25) is 5.02 Å². The van der Waals surface area contributed by atoms with Crippen molar-refractivity contribution in [2.45, 2.75) is 38.0 Å². The van der Waals surface area contributed by atoms with Gasteiger partial charge in [0.2, 0.25) is 0 Å². The van der Waals surface area contributed by atoms with Crippen molar-refractivity contribution in [3.05, 3.63) is 38.3 Å². The van der Waals surface area contributed by atoms with Crippen molar-refractivity contribution in [1.29, 1.82) is 0 Å². The Morgan fingerprint density at radius 1 is 1.48 bits per heavy atom. The number of aliphatic hydroxyl groups is 1. The standard InChI is InChI=1S/C16H17BrClN3O3.BrH/c17-11-5-10-13(6-12(11)18)20-8-21(16(10)24)7-9(22)4-14-15(23)2-1-3-19-14;/h5-6,8,14-15,19,23H,1-4,7H2;1H/t14-,15-;/m1./s1. The summed E-state index contributed by atoms with van der Waals surface area (Å²) in [4.78, 5) is 29.0. The van der Waals surface area contributed by atoms with E-state index in [4.69, 9.17) is 11.6 Å². The molecule has 1 saturated heterocycles. The van der Waals surface area contributed by atoms with E-state index in [1.54, 1.807) is 12.1 Å². The molecule has 136 valence electrons. The minimum atomic E-state index is -0.521. The van der Waals surface area contributed by atoms with Gasteiger partial charge in [0.25, 0.3) is 5.56 Å². The fourth-order valence-corrected chi connectivity index (χ4v) is 3.41. The number of halogens is 3. The van der Waals surface area contributed by atoms with Gasteiger partial charge >= 0.3 is 0 Å². The molecule has 0 spiro atoms. The fourth-order valence-electron chi connectivity index (χ4n) is 2.91. The number of ketones is 1. The molecule has 2 heterocycles. The zero-order chi connectivity index (χ0) is 17.3. The highest BCUT2D eigenvalue weighted by Gasteiger charge is 2.25. The molecule has 1 aliphatic heterocycles. The first-order valence-electron chi connectivity index (χ1n) is 7.73. The largest absolute Gasteiger partial charge is 0.391 e. The number of hydrogen-bond acceptors (Lipinski definition) is 5. The Balaban J connectivity index is 0.00000225. The molecule has 0 radical (unpaired) electrons. The van der Waals surface area contributed by atoms with Crippen molar-refractivity contribution in [3.63, 3.8) is 0 Å². The monoisotopic (exact) mass is 493 g/mol. The molecule has 1 fully saturated rings. The van der Waals surface area contributed by atoms with Crippen molar-refractivity contribution in [2.75, 3.05) is 6.54 Å². The third-order valence-electron chi connectivity index (χ3n) is 4.21. The molecule has 0 amide bonds.